The number of aliphatic carboxylic acids is 1. The highest BCUT2D eigenvalue weighted by Gasteiger charge is 2.38. The number of likely N-dealkylation sites (tertiary alicyclic amines) is 1. The second-order valence-electron chi connectivity index (χ2n) is 7.88. The van der Waals surface area contributed by atoms with Gasteiger partial charge >= 0.3 is 18.2 Å². The van der Waals surface area contributed by atoms with Crippen molar-refractivity contribution in [2.75, 3.05) is 31.6 Å². The van der Waals surface area contributed by atoms with Gasteiger partial charge in [-0.2, -0.15) is 13.2 Å². The number of carbonyl (C=O) groups excluding carboxylic acids is 1. The van der Waals surface area contributed by atoms with E-state index in [1.165, 1.54) is 12.1 Å². The summed E-state index contributed by atoms with van der Waals surface area (Å²) in [6.45, 7) is 2.70. The zero-order valence-electron chi connectivity index (χ0n) is 18.7. The average Bonchev–Trinajstić information content (AvgIpc) is 2.81. The summed E-state index contributed by atoms with van der Waals surface area (Å²) >= 11 is 0. The number of carboxylic acid groups (broad SMARTS) is 1. The van der Waals surface area contributed by atoms with Crippen molar-refractivity contribution in [1.29, 1.82) is 0 Å². The largest absolute Gasteiger partial charge is 0.490 e. The Balaban J connectivity index is 0.000000540. The van der Waals surface area contributed by atoms with Crippen LogP contribution in [0.25, 0.3) is 0 Å². The summed E-state index contributed by atoms with van der Waals surface area (Å²) in [6, 6.07) is 11.3. The number of halogens is 4. The highest BCUT2D eigenvalue weighted by atomic mass is 19.4. The number of carboxylic acids is 1. The molecule has 12 heteroatoms. The van der Waals surface area contributed by atoms with E-state index in [1.54, 1.807) is 36.5 Å². The van der Waals surface area contributed by atoms with Crippen LogP contribution in [0.2, 0.25) is 0 Å². The maximum Gasteiger partial charge on any atom is 0.490 e. The molecule has 1 unspecified atom stereocenters. The van der Waals surface area contributed by atoms with Gasteiger partial charge < -0.3 is 19.8 Å². The first-order valence-electron chi connectivity index (χ1n) is 10.9. The number of aliphatic hydroxyl groups excluding tert-OH is 1. The van der Waals surface area contributed by atoms with Crippen LogP contribution in [0.1, 0.15) is 30.9 Å². The van der Waals surface area contributed by atoms with E-state index in [9.17, 15) is 27.5 Å². The Morgan fingerprint density at radius 1 is 1.14 bits per heavy atom. The molecule has 0 bridgehead atoms. The molecule has 2 heterocycles. The van der Waals surface area contributed by atoms with Crippen molar-refractivity contribution in [1.82, 2.24) is 9.88 Å². The first-order chi connectivity index (χ1) is 16.5. The molecule has 1 atom stereocenters. The van der Waals surface area contributed by atoms with Crippen LogP contribution in [0.3, 0.4) is 0 Å². The molecule has 1 fully saturated rings. The molecule has 192 valence electrons. The smallest absolute Gasteiger partial charge is 0.475 e. The highest BCUT2D eigenvalue weighted by Crippen LogP contribution is 2.23. The van der Waals surface area contributed by atoms with Crippen molar-refractivity contribution < 1.29 is 42.1 Å². The van der Waals surface area contributed by atoms with Gasteiger partial charge in [0.2, 0.25) is 0 Å². The molecule has 0 aliphatic carbocycles. The Kier molecular flexibility index (Phi) is 10.9. The maximum absolute atomic E-state index is 13.0. The number of aliphatic hydroxyl groups is 1. The molecule has 1 aromatic heterocycles. The molecule has 8 nitrogen and oxygen atoms in total. The van der Waals surface area contributed by atoms with Crippen LogP contribution >= 0.6 is 0 Å². The van der Waals surface area contributed by atoms with Crippen LogP contribution in [-0.2, 0) is 9.53 Å². The number of rotatable bonds is 7. The van der Waals surface area contributed by atoms with E-state index in [0.717, 1.165) is 37.9 Å². The fourth-order valence-corrected chi connectivity index (χ4v) is 3.39. The lowest BCUT2D eigenvalue weighted by Crippen LogP contribution is -2.37. The van der Waals surface area contributed by atoms with E-state index in [0.29, 0.717) is 24.9 Å². The standard InChI is InChI=1S/C21H26FN3O3.C2HF3O2/c22-18-6-4-17(5-7-18)19(26)15-25-12-8-16(9-13-25)10-14-28-21(27)24-20-3-1-2-11-23-20;3-2(4,5)1(6)7/h1-7,11,16,19,26H,8-10,12-15H2,(H,23,24,27);(H,6,7). The van der Waals surface area contributed by atoms with E-state index >= 15 is 0 Å². The zero-order valence-corrected chi connectivity index (χ0v) is 18.7. The molecule has 1 aliphatic rings. The first-order valence-corrected chi connectivity index (χ1v) is 10.9. The van der Waals surface area contributed by atoms with Crippen LogP contribution < -0.4 is 5.32 Å². The summed E-state index contributed by atoms with van der Waals surface area (Å²) in [6.07, 6.45) is -1.75. The molecule has 0 radical (unpaired) electrons. The lowest BCUT2D eigenvalue weighted by molar-refractivity contribution is -0.192. The third-order valence-electron chi connectivity index (χ3n) is 5.29. The van der Waals surface area contributed by atoms with Crippen molar-refractivity contribution >= 4 is 17.9 Å². The number of β-amino-alcohol motifs (C(OH)–C–C–N with tert-alkyl or cyclic N) is 1. The number of amides is 1. The molecule has 35 heavy (non-hydrogen) atoms. The van der Waals surface area contributed by atoms with Gasteiger partial charge in [0.1, 0.15) is 11.6 Å². The van der Waals surface area contributed by atoms with Gasteiger partial charge in [-0.1, -0.05) is 18.2 Å². The number of hydrogen-bond acceptors (Lipinski definition) is 6. The zero-order chi connectivity index (χ0) is 25.8. The molecule has 1 aromatic carbocycles. The second-order valence-corrected chi connectivity index (χ2v) is 7.88. The lowest BCUT2D eigenvalue weighted by Gasteiger charge is -2.33. The van der Waals surface area contributed by atoms with E-state index in [-0.39, 0.29) is 5.82 Å². The van der Waals surface area contributed by atoms with Crippen molar-refractivity contribution in [3.05, 3.63) is 60.0 Å². The lowest BCUT2D eigenvalue weighted by atomic mass is 9.93. The van der Waals surface area contributed by atoms with Gasteiger partial charge in [0, 0.05) is 12.7 Å². The number of carbonyl (C=O) groups is 2. The summed E-state index contributed by atoms with van der Waals surface area (Å²) < 4.78 is 50.0. The third-order valence-corrected chi connectivity index (χ3v) is 5.29. The minimum absolute atomic E-state index is 0.298. The number of piperidine rings is 1. The number of hydrogen-bond donors (Lipinski definition) is 3. The van der Waals surface area contributed by atoms with Crippen LogP contribution in [0.15, 0.2) is 48.7 Å². The number of ether oxygens (including phenoxy) is 1. The number of alkyl halides is 3. The molecule has 2 aromatic rings. The SMILES string of the molecule is O=C(Nc1ccccn1)OCCC1CCN(CC(O)c2ccc(F)cc2)CC1.O=C(O)C(F)(F)F. The number of nitrogens with one attached hydrogen (secondary N) is 1. The Bertz CT molecular complexity index is 921. The molecule has 3 N–H and O–H groups in total. The fourth-order valence-electron chi connectivity index (χ4n) is 3.39. The fraction of sp³-hybridized carbons (Fsp3) is 0.435. The van der Waals surface area contributed by atoms with Crippen molar-refractivity contribution in [3.63, 3.8) is 0 Å². The number of aromatic nitrogens is 1. The Morgan fingerprint density at radius 2 is 1.77 bits per heavy atom. The topological polar surface area (TPSA) is 112 Å². The minimum Gasteiger partial charge on any atom is -0.475 e. The third kappa shape index (κ3) is 10.7. The van der Waals surface area contributed by atoms with Gasteiger partial charge in [-0.25, -0.2) is 19.0 Å². The van der Waals surface area contributed by atoms with Crippen molar-refractivity contribution in [2.24, 2.45) is 5.92 Å². The summed E-state index contributed by atoms with van der Waals surface area (Å²) in [5.41, 5.74) is 0.732. The minimum atomic E-state index is -5.08. The number of pyridine rings is 1. The average molecular weight is 501 g/mol. The first kappa shape index (κ1) is 28.0. The van der Waals surface area contributed by atoms with Gasteiger partial charge in [0.25, 0.3) is 0 Å². The number of benzene rings is 1. The van der Waals surface area contributed by atoms with Gasteiger partial charge in [-0.05, 0) is 68.1 Å². The van der Waals surface area contributed by atoms with E-state index in [4.69, 9.17) is 14.6 Å². The molecule has 0 saturated carbocycles. The maximum atomic E-state index is 13.0. The Labute approximate surface area is 199 Å². The van der Waals surface area contributed by atoms with Crippen LogP contribution in [0, 0.1) is 11.7 Å². The molecular weight excluding hydrogens is 474 g/mol. The summed E-state index contributed by atoms with van der Waals surface area (Å²) in [7, 11) is 0. The van der Waals surface area contributed by atoms with E-state index in [2.05, 4.69) is 15.2 Å². The summed E-state index contributed by atoms with van der Waals surface area (Å²) in [5, 5.41) is 20.0. The van der Waals surface area contributed by atoms with Gasteiger partial charge in [0.15, 0.2) is 0 Å². The summed E-state index contributed by atoms with van der Waals surface area (Å²) in [5.74, 6) is -2.08. The molecule has 1 saturated heterocycles. The van der Waals surface area contributed by atoms with Crippen LogP contribution in [0.5, 0.6) is 0 Å². The van der Waals surface area contributed by atoms with Crippen molar-refractivity contribution in [3.8, 4) is 0 Å². The van der Waals surface area contributed by atoms with Gasteiger partial charge in [-0.15, -0.1) is 0 Å². The van der Waals surface area contributed by atoms with Crippen molar-refractivity contribution in [2.45, 2.75) is 31.5 Å². The number of anilines is 1. The molecular formula is C23H27F4N3O5. The van der Waals surface area contributed by atoms with Crippen LogP contribution in [0.4, 0.5) is 28.2 Å². The molecule has 3 rings (SSSR count). The molecule has 1 amide bonds. The van der Waals surface area contributed by atoms with E-state index < -0.39 is 24.3 Å². The predicted octanol–water partition coefficient (Wildman–Crippen LogP) is 4.24. The monoisotopic (exact) mass is 501 g/mol. The normalized spacial score (nSPS) is 15.5. The van der Waals surface area contributed by atoms with Gasteiger partial charge in [0.05, 0.1) is 12.7 Å². The predicted molar refractivity (Wildman–Crippen MR) is 118 cm³/mol. The van der Waals surface area contributed by atoms with E-state index in [1.807, 2.05) is 0 Å². The Hall–Kier alpha value is -3.25. The van der Waals surface area contributed by atoms with Gasteiger partial charge in [-0.3, -0.25) is 5.32 Å². The van der Waals surface area contributed by atoms with Crippen LogP contribution in [-0.4, -0.2) is 64.6 Å². The molecule has 0 spiro atoms. The number of nitrogens with zero attached hydrogens (tertiary/aromatic N) is 2. The molecule has 1 aliphatic heterocycles. The highest BCUT2D eigenvalue weighted by molar-refractivity contribution is 5.83. The second kappa shape index (κ2) is 13.6. The quantitative estimate of drug-likeness (QED) is 0.487. The Morgan fingerprint density at radius 3 is 2.31 bits per heavy atom. The summed E-state index contributed by atoms with van der Waals surface area (Å²) in [4.78, 5) is 26.9.